The molecule has 1 saturated heterocycles. The minimum Gasteiger partial charge on any atom is -0.356 e. The first-order chi connectivity index (χ1) is 11.6. The normalized spacial score (nSPS) is 19.2. The molecule has 142 valence electrons. The Bertz CT molecular complexity index is 327. The highest BCUT2D eigenvalue weighted by Gasteiger charge is 2.19. The first-order valence-corrected chi connectivity index (χ1v) is 10.3. The molecule has 24 heavy (non-hydrogen) atoms. The number of likely N-dealkylation sites (N-methyl/N-ethyl adjacent to an activating group) is 1. The van der Waals surface area contributed by atoms with Crippen molar-refractivity contribution in [2.75, 3.05) is 45.8 Å². The Hall–Kier alpha value is -0.610. The SMILES string of the molecule is CCCCCC[C@@H](CC)C(=O)NC[C@H](C)CN1CCN(CC)CC1. The van der Waals surface area contributed by atoms with Crippen molar-refractivity contribution in [3.8, 4) is 0 Å². The highest BCUT2D eigenvalue weighted by Crippen LogP contribution is 2.14. The Morgan fingerprint density at radius 3 is 2.25 bits per heavy atom. The van der Waals surface area contributed by atoms with E-state index in [2.05, 4.69) is 42.8 Å². The summed E-state index contributed by atoms with van der Waals surface area (Å²) in [5, 5.41) is 3.21. The van der Waals surface area contributed by atoms with Gasteiger partial charge in [0.2, 0.25) is 5.91 Å². The van der Waals surface area contributed by atoms with Crippen LogP contribution in [0.4, 0.5) is 0 Å². The largest absolute Gasteiger partial charge is 0.356 e. The number of nitrogens with zero attached hydrogens (tertiary/aromatic N) is 2. The zero-order valence-electron chi connectivity index (χ0n) is 16.6. The molecular weight excluding hydrogens is 298 g/mol. The van der Waals surface area contributed by atoms with Crippen molar-refractivity contribution in [2.24, 2.45) is 11.8 Å². The molecule has 1 aliphatic heterocycles. The van der Waals surface area contributed by atoms with Crippen molar-refractivity contribution in [2.45, 2.75) is 66.2 Å². The molecule has 4 heteroatoms. The summed E-state index contributed by atoms with van der Waals surface area (Å²) in [6, 6.07) is 0. The second-order valence-corrected chi connectivity index (χ2v) is 7.54. The number of piperazine rings is 1. The molecule has 1 heterocycles. The van der Waals surface area contributed by atoms with Crippen LogP contribution in [0.15, 0.2) is 0 Å². The van der Waals surface area contributed by atoms with Gasteiger partial charge in [-0.05, 0) is 25.3 Å². The van der Waals surface area contributed by atoms with Gasteiger partial charge in [0.1, 0.15) is 0 Å². The van der Waals surface area contributed by atoms with Crippen molar-refractivity contribution in [3.05, 3.63) is 0 Å². The van der Waals surface area contributed by atoms with Gasteiger partial charge in [0.05, 0.1) is 0 Å². The predicted molar refractivity (Wildman–Crippen MR) is 103 cm³/mol. The van der Waals surface area contributed by atoms with Crippen molar-refractivity contribution in [1.82, 2.24) is 15.1 Å². The van der Waals surface area contributed by atoms with Crippen LogP contribution in [0.5, 0.6) is 0 Å². The maximum absolute atomic E-state index is 12.4. The summed E-state index contributed by atoms with van der Waals surface area (Å²) in [4.78, 5) is 17.4. The van der Waals surface area contributed by atoms with Crippen molar-refractivity contribution < 1.29 is 4.79 Å². The lowest BCUT2D eigenvalue weighted by atomic mass is 9.97. The van der Waals surface area contributed by atoms with Gasteiger partial charge in [-0.2, -0.15) is 0 Å². The zero-order valence-corrected chi connectivity index (χ0v) is 16.6. The summed E-state index contributed by atoms with van der Waals surface area (Å²) in [6.07, 6.45) is 7.02. The fraction of sp³-hybridized carbons (Fsp3) is 0.950. The lowest BCUT2D eigenvalue weighted by Gasteiger charge is -2.35. The highest BCUT2D eigenvalue weighted by atomic mass is 16.1. The van der Waals surface area contributed by atoms with E-state index in [9.17, 15) is 4.79 Å². The van der Waals surface area contributed by atoms with E-state index in [0.717, 1.165) is 32.5 Å². The molecule has 0 spiro atoms. The molecule has 0 unspecified atom stereocenters. The van der Waals surface area contributed by atoms with Crippen LogP contribution < -0.4 is 5.32 Å². The van der Waals surface area contributed by atoms with Crippen molar-refractivity contribution in [1.29, 1.82) is 0 Å². The Morgan fingerprint density at radius 2 is 1.67 bits per heavy atom. The number of nitrogens with one attached hydrogen (secondary N) is 1. The smallest absolute Gasteiger partial charge is 0.223 e. The first-order valence-electron chi connectivity index (χ1n) is 10.3. The molecule has 0 aromatic carbocycles. The van der Waals surface area contributed by atoms with Crippen LogP contribution in [-0.2, 0) is 4.79 Å². The van der Waals surface area contributed by atoms with E-state index in [1.54, 1.807) is 0 Å². The van der Waals surface area contributed by atoms with E-state index in [0.29, 0.717) is 5.92 Å². The lowest BCUT2D eigenvalue weighted by molar-refractivity contribution is -0.125. The molecule has 1 N–H and O–H groups in total. The van der Waals surface area contributed by atoms with Gasteiger partial charge in [-0.1, -0.05) is 53.4 Å². The van der Waals surface area contributed by atoms with Gasteiger partial charge >= 0.3 is 0 Å². The van der Waals surface area contributed by atoms with Gasteiger partial charge < -0.3 is 15.1 Å². The van der Waals surface area contributed by atoms with E-state index in [4.69, 9.17) is 0 Å². The minimum atomic E-state index is 0.210. The molecule has 0 radical (unpaired) electrons. The Morgan fingerprint density at radius 1 is 1.00 bits per heavy atom. The van der Waals surface area contributed by atoms with Gasteiger partial charge in [-0.3, -0.25) is 4.79 Å². The predicted octanol–water partition coefficient (Wildman–Crippen LogP) is 3.37. The number of unbranched alkanes of at least 4 members (excludes halogenated alkanes) is 3. The van der Waals surface area contributed by atoms with E-state index in [1.807, 2.05) is 0 Å². The van der Waals surface area contributed by atoms with E-state index in [1.165, 1.54) is 51.9 Å². The summed E-state index contributed by atoms with van der Waals surface area (Å²) in [6.45, 7) is 16.7. The minimum absolute atomic E-state index is 0.210. The van der Waals surface area contributed by atoms with Gasteiger partial charge in [-0.15, -0.1) is 0 Å². The van der Waals surface area contributed by atoms with E-state index >= 15 is 0 Å². The van der Waals surface area contributed by atoms with Gasteiger partial charge in [-0.25, -0.2) is 0 Å². The number of hydrogen-bond acceptors (Lipinski definition) is 3. The Kier molecular flexibility index (Phi) is 11.4. The van der Waals surface area contributed by atoms with Crippen LogP contribution in [0.1, 0.15) is 66.2 Å². The first kappa shape index (κ1) is 21.4. The van der Waals surface area contributed by atoms with E-state index in [-0.39, 0.29) is 11.8 Å². The van der Waals surface area contributed by atoms with Crippen LogP contribution in [0.2, 0.25) is 0 Å². The highest BCUT2D eigenvalue weighted by molar-refractivity contribution is 5.78. The number of carbonyl (C=O) groups excluding carboxylic acids is 1. The van der Waals surface area contributed by atoms with Gasteiger partial charge in [0, 0.05) is 45.2 Å². The summed E-state index contributed by atoms with van der Waals surface area (Å²) < 4.78 is 0. The van der Waals surface area contributed by atoms with Gasteiger partial charge in [0.25, 0.3) is 0 Å². The van der Waals surface area contributed by atoms with Crippen LogP contribution in [0.3, 0.4) is 0 Å². The molecular formula is C20H41N3O. The lowest BCUT2D eigenvalue weighted by Crippen LogP contribution is -2.48. The fourth-order valence-corrected chi connectivity index (χ4v) is 3.55. The number of hydrogen-bond donors (Lipinski definition) is 1. The molecule has 1 amide bonds. The van der Waals surface area contributed by atoms with Gasteiger partial charge in [0.15, 0.2) is 0 Å². The third-order valence-electron chi connectivity index (χ3n) is 5.38. The summed E-state index contributed by atoms with van der Waals surface area (Å²) in [7, 11) is 0. The summed E-state index contributed by atoms with van der Waals surface area (Å²) in [5.74, 6) is 1.01. The third kappa shape index (κ3) is 8.48. The molecule has 0 aromatic rings. The van der Waals surface area contributed by atoms with Crippen molar-refractivity contribution >= 4 is 5.91 Å². The topological polar surface area (TPSA) is 35.6 Å². The fourth-order valence-electron chi connectivity index (χ4n) is 3.55. The second-order valence-electron chi connectivity index (χ2n) is 7.54. The molecule has 2 atom stereocenters. The average molecular weight is 340 g/mol. The third-order valence-corrected chi connectivity index (χ3v) is 5.38. The second kappa shape index (κ2) is 12.7. The maximum Gasteiger partial charge on any atom is 0.223 e. The molecule has 0 aromatic heterocycles. The zero-order chi connectivity index (χ0) is 17.8. The monoisotopic (exact) mass is 339 g/mol. The molecule has 0 saturated carbocycles. The average Bonchev–Trinajstić information content (AvgIpc) is 2.60. The quantitative estimate of drug-likeness (QED) is 0.554. The number of carbonyl (C=O) groups is 1. The molecule has 0 aliphatic carbocycles. The Balaban J connectivity index is 2.19. The maximum atomic E-state index is 12.4. The molecule has 1 fully saturated rings. The van der Waals surface area contributed by atoms with Crippen LogP contribution >= 0.6 is 0 Å². The molecule has 4 nitrogen and oxygen atoms in total. The summed E-state index contributed by atoms with van der Waals surface area (Å²) in [5.41, 5.74) is 0. The van der Waals surface area contributed by atoms with Crippen LogP contribution in [0.25, 0.3) is 0 Å². The number of amides is 1. The van der Waals surface area contributed by atoms with Crippen LogP contribution in [-0.4, -0.2) is 61.5 Å². The van der Waals surface area contributed by atoms with Crippen LogP contribution in [0, 0.1) is 11.8 Å². The molecule has 1 aliphatic rings. The molecule has 1 rings (SSSR count). The number of rotatable bonds is 12. The molecule has 0 bridgehead atoms. The standard InChI is InChI=1S/C20H41N3O/c1-5-8-9-10-11-19(6-2)20(24)21-16-18(4)17-23-14-12-22(7-3)13-15-23/h18-19H,5-17H2,1-4H3,(H,21,24)/t18-,19+/m0/s1. The van der Waals surface area contributed by atoms with E-state index < -0.39 is 0 Å². The van der Waals surface area contributed by atoms with Crippen molar-refractivity contribution in [3.63, 3.8) is 0 Å². The summed E-state index contributed by atoms with van der Waals surface area (Å²) >= 11 is 0. The Labute approximate surface area is 150 Å².